The van der Waals surface area contributed by atoms with Crippen LogP contribution in [0.4, 0.5) is 0 Å². The number of benzene rings is 2. The Balaban J connectivity index is 1.99. The Morgan fingerprint density at radius 2 is 1.44 bits per heavy atom. The van der Waals surface area contributed by atoms with E-state index >= 15 is 0 Å². The fraction of sp³-hybridized carbons (Fsp3) is 0.520. The van der Waals surface area contributed by atoms with Crippen LogP contribution in [0.5, 0.6) is 0 Å². The van der Waals surface area contributed by atoms with Crippen LogP contribution < -0.4 is 0 Å². The molecule has 1 fully saturated rings. The molecule has 0 aromatic heterocycles. The van der Waals surface area contributed by atoms with Crippen LogP contribution in [0.1, 0.15) is 76.5 Å². The molecule has 0 heterocycles. The van der Waals surface area contributed by atoms with Crippen LogP contribution in [0.15, 0.2) is 54.6 Å². The molecule has 2 aromatic carbocycles. The van der Waals surface area contributed by atoms with Gasteiger partial charge in [0.25, 0.3) is 0 Å². The minimum absolute atomic E-state index is 0.188. The predicted molar refractivity (Wildman–Crippen MR) is 109 cm³/mol. The normalized spacial score (nSPS) is 27.2. The first-order valence-corrected chi connectivity index (χ1v) is 9.90. The van der Waals surface area contributed by atoms with Gasteiger partial charge in [-0.2, -0.15) is 0 Å². The molecule has 1 saturated carbocycles. The first kappa shape index (κ1) is 18.2. The summed E-state index contributed by atoms with van der Waals surface area (Å²) in [5, 5.41) is 0. The van der Waals surface area contributed by atoms with Crippen molar-refractivity contribution in [3.8, 4) is 0 Å². The summed E-state index contributed by atoms with van der Waals surface area (Å²) >= 11 is 0. The maximum atomic E-state index is 2.55. The van der Waals surface area contributed by atoms with Crippen molar-refractivity contribution in [2.45, 2.75) is 77.6 Å². The van der Waals surface area contributed by atoms with E-state index in [4.69, 9.17) is 0 Å². The van der Waals surface area contributed by atoms with Gasteiger partial charge in [0.05, 0.1) is 0 Å². The highest BCUT2D eigenvalue weighted by Gasteiger charge is 2.49. The summed E-state index contributed by atoms with van der Waals surface area (Å²) in [5.41, 5.74) is 5.22. The zero-order chi connectivity index (χ0) is 18.1. The van der Waals surface area contributed by atoms with Gasteiger partial charge in [-0.05, 0) is 59.1 Å². The summed E-state index contributed by atoms with van der Waals surface area (Å²) in [6.45, 7) is 12.2. The molecule has 0 bridgehead atoms. The van der Waals surface area contributed by atoms with Crippen molar-refractivity contribution in [3.63, 3.8) is 0 Å². The molecule has 0 saturated heterocycles. The van der Waals surface area contributed by atoms with Gasteiger partial charge in [0.15, 0.2) is 0 Å². The second-order valence-corrected chi connectivity index (χ2v) is 9.34. The Morgan fingerprint density at radius 3 is 2.12 bits per heavy atom. The van der Waals surface area contributed by atoms with E-state index in [0.717, 1.165) is 0 Å². The number of rotatable bonds is 4. The third-order valence-electron chi connectivity index (χ3n) is 7.10. The van der Waals surface area contributed by atoms with Crippen LogP contribution in [0.3, 0.4) is 0 Å². The maximum Gasteiger partial charge on any atom is -0.00212 e. The zero-order valence-corrected chi connectivity index (χ0v) is 16.7. The monoisotopic (exact) mass is 334 g/mol. The molecule has 1 aliphatic rings. The van der Waals surface area contributed by atoms with Gasteiger partial charge in [-0.3, -0.25) is 0 Å². The van der Waals surface area contributed by atoms with E-state index in [1.807, 2.05) is 0 Å². The molecule has 0 nitrogen and oxygen atoms in total. The molecule has 3 rings (SSSR count). The Bertz CT molecular complexity index is 712. The SMILES string of the molecule is Cc1ccccc1C(C)(C)C[C@]1(C)CCCC[C@]1(C)c1ccccc1. The summed E-state index contributed by atoms with van der Waals surface area (Å²) in [6.07, 6.45) is 6.58. The minimum atomic E-state index is 0.188. The standard InChI is InChI=1S/C25H34/c1-20-13-9-10-16-22(20)23(2,3)19-24(4)17-11-12-18-25(24,5)21-14-7-6-8-15-21/h6-10,13-16H,11-12,17-19H2,1-5H3/t24-,25+/m0/s1. The molecule has 0 unspecified atom stereocenters. The summed E-state index contributed by atoms with van der Waals surface area (Å²) < 4.78 is 0. The molecule has 2 atom stereocenters. The first-order valence-electron chi connectivity index (χ1n) is 9.90. The van der Waals surface area contributed by atoms with Crippen molar-refractivity contribution in [1.82, 2.24) is 0 Å². The maximum absolute atomic E-state index is 2.55. The zero-order valence-electron chi connectivity index (χ0n) is 16.7. The van der Waals surface area contributed by atoms with Crippen LogP contribution in [-0.4, -0.2) is 0 Å². The second kappa shape index (κ2) is 6.63. The third kappa shape index (κ3) is 3.28. The third-order valence-corrected chi connectivity index (χ3v) is 7.10. The van der Waals surface area contributed by atoms with Gasteiger partial charge in [-0.1, -0.05) is 95.1 Å². The quantitative estimate of drug-likeness (QED) is 0.554. The van der Waals surface area contributed by atoms with E-state index in [9.17, 15) is 0 Å². The Hall–Kier alpha value is -1.56. The lowest BCUT2D eigenvalue weighted by Gasteiger charge is -2.54. The van der Waals surface area contributed by atoms with E-state index < -0.39 is 0 Å². The van der Waals surface area contributed by atoms with E-state index in [1.165, 1.54) is 48.8 Å². The van der Waals surface area contributed by atoms with Gasteiger partial charge in [0, 0.05) is 0 Å². The molecule has 0 amide bonds. The topological polar surface area (TPSA) is 0 Å². The second-order valence-electron chi connectivity index (χ2n) is 9.34. The Kier molecular flexibility index (Phi) is 4.84. The summed E-state index contributed by atoms with van der Waals surface area (Å²) in [4.78, 5) is 0. The van der Waals surface area contributed by atoms with E-state index in [2.05, 4.69) is 89.2 Å². The molecule has 0 spiro atoms. The molecule has 1 aliphatic carbocycles. The molecule has 0 N–H and O–H groups in total. The number of aryl methyl sites for hydroxylation is 1. The Morgan fingerprint density at radius 1 is 0.840 bits per heavy atom. The van der Waals surface area contributed by atoms with Crippen LogP contribution in [-0.2, 0) is 10.8 Å². The Labute approximate surface area is 154 Å². The molecular formula is C25H34. The average molecular weight is 335 g/mol. The van der Waals surface area contributed by atoms with Gasteiger partial charge in [-0.15, -0.1) is 0 Å². The lowest BCUT2D eigenvalue weighted by molar-refractivity contribution is 0.0551. The van der Waals surface area contributed by atoms with Crippen molar-refractivity contribution in [2.24, 2.45) is 5.41 Å². The van der Waals surface area contributed by atoms with E-state index in [0.29, 0.717) is 5.41 Å². The molecule has 0 radical (unpaired) electrons. The first-order chi connectivity index (χ1) is 11.8. The fourth-order valence-corrected chi connectivity index (χ4v) is 5.56. The van der Waals surface area contributed by atoms with Crippen LogP contribution >= 0.6 is 0 Å². The van der Waals surface area contributed by atoms with Gasteiger partial charge in [-0.25, -0.2) is 0 Å². The molecule has 0 aliphatic heterocycles. The number of hydrogen-bond acceptors (Lipinski definition) is 0. The summed E-state index contributed by atoms with van der Waals surface area (Å²) in [6, 6.07) is 20.2. The number of hydrogen-bond donors (Lipinski definition) is 0. The molecule has 0 heteroatoms. The van der Waals surface area contributed by atoms with E-state index in [1.54, 1.807) is 0 Å². The van der Waals surface area contributed by atoms with Gasteiger partial charge >= 0.3 is 0 Å². The van der Waals surface area contributed by atoms with Crippen molar-refractivity contribution in [3.05, 3.63) is 71.3 Å². The van der Waals surface area contributed by atoms with Crippen molar-refractivity contribution >= 4 is 0 Å². The average Bonchev–Trinajstić information content (AvgIpc) is 2.58. The molecular weight excluding hydrogens is 300 g/mol. The van der Waals surface area contributed by atoms with E-state index in [-0.39, 0.29) is 10.8 Å². The van der Waals surface area contributed by atoms with Crippen LogP contribution in [0, 0.1) is 12.3 Å². The predicted octanol–water partition coefficient (Wildman–Crippen LogP) is 7.20. The van der Waals surface area contributed by atoms with Gasteiger partial charge < -0.3 is 0 Å². The summed E-state index contributed by atoms with van der Waals surface area (Å²) in [7, 11) is 0. The van der Waals surface area contributed by atoms with Crippen LogP contribution in [0.25, 0.3) is 0 Å². The lowest BCUT2D eigenvalue weighted by Crippen LogP contribution is -2.47. The highest BCUT2D eigenvalue weighted by Crippen LogP contribution is 2.57. The minimum Gasteiger partial charge on any atom is -0.0622 e. The summed E-state index contributed by atoms with van der Waals surface area (Å²) in [5.74, 6) is 0. The lowest BCUT2D eigenvalue weighted by atomic mass is 9.50. The smallest absolute Gasteiger partial charge is 0.00212 e. The highest BCUT2D eigenvalue weighted by molar-refractivity contribution is 5.34. The van der Waals surface area contributed by atoms with Gasteiger partial charge in [0.2, 0.25) is 0 Å². The van der Waals surface area contributed by atoms with Crippen molar-refractivity contribution in [2.75, 3.05) is 0 Å². The van der Waals surface area contributed by atoms with Crippen molar-refractivity contribution in [1.29, 1.82) is 0 Å². The molecule has 25 heavy (non-hydrogen) atoms. The largest absolute Gasteiger partial charge is 0.0622 e. The molecule has 2 aromatic rings. The van der Waals surface area contributed by atoms with Gasteiger partial charge in [0.1, 0.15) is 0 Å². The molecule has 134 valence electrons. The highest BCUT2D eigenvalue weighted by atomic mass is 14.5. The fourth-order valence-electron chi connectivity index (χ4n) is 5.56. The van der Waals surface area contributed by atoms with Crippen LogP contribution in [0.2, 0.25) is 0 Å². The van der Waals surface area contributed by atoms with Crippen molar-refractivity contribution < 1.29 is 0 Å².